The maximum Gasteiger partial charge on any atom is 0.336 e. The topological polar surface area (TPSA) is 131 Å². The molecule has 3 aliphatic rings. The number of nitrogens with zero attached hydrogens (tertiary/aromatic N) is 1. The van der Waals surface area contributed by atoms with E-state index in [1.54, 1.807) is 24.3 Å². The number of phenols is 1. The average molecular weight is 465 g/mol. The van der Waals surface area contributed by atoms with Gasteiger partial charge in [-0.25, -0.2) is 4.79 Å². The molecule has 0 saturated carbocycles. The lowest BCUT2D eigenvalue weighted by molar-refractivity contribution is 0.0697. The van der Waals surface area contributed by atoms with E-state index in [-0.39, 0.29) is 34.5 Å². The summed E-state index contributed by atoms with van der Waals surface area (Å²) in [6, 6.07) is 13.3. The summed E-state index contributed by atoms with van der Waals surface area (Å²) in [5.41, 5.74) is 1.68. The van der Waals surface area contributed by atoms with Crippen molar-refractivity contribution in [1.29, 1.82) is 0 Å². The summed E-state index contributed by atoms with van der Waals surface area (Å²) in [6.07, 6.45) is -1.86. The Labute approximate surface area is 192 Å². The molecule has 33 heavy (non-hydrogen) atoms. The Hall–Kier alpha value is -3.53. The lowest BCUT2D eigenvalue weighted by Gasteiger charge is -2.27. The minimum absolute atomic E-state index is 0.0399. The molecule has 2 aliphatic heterocycles. The van der Waals surface area contributed by atoms with Crippen LogP contribution in [-0.4, -0.2) is 44.1 Å². The standard InChI is InChI=1S/C24H19NO7S/c26-12-2-5-15-18(8-12)32-19-9-13(27)3-6-16(19)22(15)14-4-1-11(7-17(14)24(30)31)25-21(28)10-20(33)23(25)29/h1-9,20-21,23,26,28-29,33H,10H2,(H,30,31). The molecule has 1 saturated heterocycles. The average Bonchev–Trinajstić information content (AvgIpc) is 3.02. The van der Waals surface area contributed by atoms with Gasteiger partial charge in [0.2, 0.25) is 0 Å². The Bertz CT molecular complexity index is 1430. The summed E-state index contributed by atoms with van der Waals surface area (Å²) in [4.78, 5) is 25.5. The Morgan fingerprint density at radius 1 is 1.03 bits per heavy atom. The van der Waals surface area contributed by atoms with Crippen LogP contribution in [-0.2, 0) is 0 Å². The number of rotatable bonds is 3. The normalized spacial score (nSPS) is 20.6. The smallest absolute Gasteiger partial charge is 0.336 e. The van der Waals surface area contributed by atoms with Crippen LogP contribution in [0.1, 0.15) is 16.8 Å². The van der Waals surface area contributed by atoms with Crippen LogP contribution in [0, 0.1) is 0 Å². The van der Waals surface area contributed by atoms with E-state index >= 15 is 0 Å². The van der Waals surface area contributed by atoms with Crippen LogP contribution in [0.25, 0.3) is 33.4 Å². The number of carboxylic acid groups (broad SMARTS) is 1. The number of aromatic carboxylic acids is 1. The zero-order valence-electron chi connectivity index (χ0n) is 17.0. The lowest BCUT2D eigenvalue weighted by atomic mass is 9.90. The van der Waals surface area contributed by atoms with Gasteiger partial charge in [-0.3, -0.25) is 4.79 Å². The third-order valence-electron chi connectivity index (χ3n) is 5.88. The van der Waals surface area contributed by atoms with Gasteiger partial charge in [-0.15, -0.1) is 0 Å². The van der Waals surface area contributed by atoms with Crippen LogP contribution in [0.3, 0.4) is 0 Å². The molecule has 4 N–H and O–H groups in total. The zero-order chi connectivity index (χ0) is 23.4. The number of phenolic OH excluding ortho intramolecular Hbond substituents is 1. The number of aliphatic hydroxyl groups excluding tert-OH is 2. The first kappa shape index (κ1) is 21.3. The van der Waals surface area contributed by atoms with Crippen molar-refractivity contribution >= 4 is 35.3 Å². The number of aromatic hydroxyl groups is 1. The van der Waals surface area contributed by atoms with Gasteiger partial charge in [0.05, 0.1) is 10.8 Å². The highest BCUT2D eigenvalue weighted by Gasteiger charge is 2.38. The van der Waals surface area contributed by atoms with Crippen molar-refractivity contribution in [3.8, 4) is 28.2 Å². The second kappa shape index (κ2) is 7.80. The Morgan fingerprint density at radius 2 is 1.79 bits per heavy atom. The SMILES string of the molecule is O=C(O)c1cc(N2C(O)CC(S)C2O)ccc1-c1c2ccc(=O)cc-2oc2cc(O)ccc12. The Morgan fingerprint density at radius 3 is 2.48 bits per heavy atom. The summed E-state index contributed by atoms with van der Waals surface area (Å²) in [7, 11) is 0. The second-order valence-corrected chi connectivity index (χ2v) is 8.62. The monoisotopic (exact) mass is 465 g/mol. The van der Waals surface area contributed by atoms with Crippen molar-refractivity contribution in [2.45, 2.75) is 24.1 Å². The van der Waals surface area contributed by atoms with Gasteiger partial charge >= 0.3 is 5.97 Å². The molecule has 0 amide bonds. The quantitative estimate of drug-likeness (QED) is 0.230. The number of anilines is 1. The molecule has 3 atom stereocenters. The van der Waals surface area contributed by atoms with E-state index < -0.39 is 23.7 Å². The van der Waals surface area contributed by atoms with Gasteiger partial charge in [-0.2, -0.15) is 12.6 Å². The molecule has 9 heteroatoms. The summed E-state index contributed by atoms with van der Waals surface area (Å²) in [6.45, 7) is 0. The largest absolute Gasteiger partial charge is 0.508 e. The van der Waals surface area contributed by atoms with Gasteiger partial charge < -0.3 is 29.7 Å². The fourth-order valence-corrected chi connectivity index (χ4v) is 4.71. The molecule has 2 aromatic rings. The van der Waals surface area contributed by atoms with Crippen molar-refractivity contribution in [3.63, 3.8) is 0 Å². The third-order valence-corrected chi connectivity index (χ3v) is 6.36. The number of hydrogen-bond acceptors (Lipinski definition) is 8. The minimum Gasteiger partial charge on any atom is -0.508 e. The highest BCUT2D eigenvalue weighted by molar-refractivity contribution is 7.81. The van der Waals surface area contributed by atoms with Gasteiger partial charge in [-0.05, 0) is 42.0 Å². The van der Waals surface area contributed by atoms with Gasteiger partial charge in [0, 0.05) is 40.8 Å². The van der Waals surface area contributed by atoms with E-state index in [0.29, 0.717) is 27.8 Å². The van der Waals surface area contributed by atoms with Gasteiger partial charge in [0.15, 0.2) is 5.43 Å². The number of carbonyl (C=O) groups is 1. The molecule has 0 bridgehead atoms. The van der Waals surface area contributed by atoms with E-state index in [2.05, 4.69) is 12.6 Å². The molecular weight excluding hydrogens is 446 g/mol. The van der Waals surface area contributed by atoms with Gasteiger partial charge in [0.1, 0.15) is 29.5 Å². The van der Waals surface area contributed by atoms with E-state index in [4.69, 9.17) is 4.42 Å². The number of thiol groups is 1. The number of fused-ring (bicyclic) bond motifs is 2. The molecular formula is C24H19NO7S. The maximum absolute atomic E-state index is 12.3. The van der Waals surface area contributed by atoms with Crippen molar-refractivity contribution in [1.82, 2.24) is 0 Å². The van der Waals surface area contributed by atoms with Gasteiger partial charge in [0.25, 0.3) is 0 Å². The molecule has 1 fully saturated rings. The highest BCUT2D eigenvalue weighted by Crippen LogP contribution is 2.43. The molecule has 1 aliphatic carbocycles. The summed E-state index contributed by atoms with van der Waals surface area (Å²) < 4.78 is 5.83. The fourth-order valence-electron chi connectivity index (χ4n) is 4.37. The van der Waals surface area contributed by atoms with E-state index in [1.807, 2.05) is 0 Å². The van der Waals surface area contributed by atoms with Crippen LogP contribution < -0.4 is 10.3 Å². The first-order chi connectivity index (χ1) is 15.7. The number of hydrogen-bond donors (Lipinski definition) is 5. The predicted molar refractivity (Wildman–Crippen MR) is 125 cm³/mol. The molecule has 0 radical (unpaired) electrons. The minimum atomic E-state index is -1.21. The summed E-state index contributed by atoms with van der Waals surface area (Å²) in [5, 5.41) is 40.8. The van der Waals surface area contributed by atoms with Crippen molar-refractivity contribution < 1.29 is 29.6 Å². The first-order valence-electron chi connectivity index (χ1n) is 10.1. The number of aliphatic hydroxyl groups is 2. The van der Waals surface area contributed by atoms with Crippen LogP contribution in [0.5, 0.6) is 5.75 Å². The first-order valence-corrected chi connectivity index (χ1v) is 10.7. The molecule has 5 rings (SSSR count). The number of benzene rings is 3. The molecule has 168 valence electrons. The Balaban J connectivity index is 1.79. The van der Waals surface area contributed by atoms with E-state index in [0.717, 1.165) is 0 Å². The summed E-state index contributed by atoms with van der Waals surface area (Å²) in [5.74, 6) is -1.000. The Kier molecular flexibility index (Phi) is 5.04. The van der Waals surface area contributed by atoms with Crippen molar-refractivity contribution in [3.05, 3.63) is 70.4 Å². The molecule has 0 spiro atoms. The summed E-state index contributed by atoms with van der Waals surface area (Å²) >= 11 is 4.27. The van der Waals surface area contributed by atoms with Crippen LogP contribution in [0.4, 0.5) is 5.69 Å². The van der Waals surface area contributed by atoms with E-state index in [1.165, 1.54) is 35.2 Å². The lowest BCUT2D eigenvalue weighted by Crippen LogP contribution is -2.37. The van der Waals surface area contributed by atoms with E-state index in [9.17, 15) is 30.0 Å². The van der Waals surface area contributed by atoms with Crippen LogP contribution in [0.15, 0.2) is 63.8 Å². The van der Waals surface area contributed by atoms with Crippen LogP contribution in [0.2, 0.25) is 0 Å². The van der Waals surface area contributed by atoms with Crippen LogP contribution >= 0.6 is 12.6 Å². The number of carboxylic acids is 1. The maximum atomic E-state index is 12.3. The highest BCUT2D eigenvalue weighted by atomic mass is 32.1. The fraction of sp³-hybridized carbons (Fsp3) is 0.167. The molecule has 0 aromatic heterocycles. The van der Waals surface area contributed by atoms with Crippen molar-refractivity contribution in [2.24, 2.45) is 0 Å². The molecule has 3 unspecified atom stereocenters. The molecule has 2 aromatic carbocycles. The third kappa shape index (κ3) is 3.50. The molecule has 2 heterocycles. The predicted octanol–water partition coefficient (Wildman–Crippen LogP) is 3.11. The second-order valence-electron chi connectivity index (χ2n) is 7.96. The van der Waals surface area contributed by atoms with Gasteiger partial charge in [-0.1, -0.05) is 6.07 Å². The molecule has 8 nitrogen and oxygen atoms in total. The van der Waals surface area contributed by atoms with Crippen molar-refractivity contribution in [2.75, 3.05) is 4.90 Å². The zero-order valence-corrected chi connectivity index (χ0v) is 17.9.